The van der Waals surface area contributed by atoms with E-state index in [0.717, 1.165) is 16.3 Å². The van der Waals surface area contributed by atoms with E-state index >= 15 is 0 Å². The fourth-order valence-corrected chi connectivity index (χ4v) is 1.92. The number of urea groups is 1. The van der Waals surface area contributed by atoms with Crippen LogP contribution in [0.5, 0.6) is 0 Å². The highest BCUT2D eigenvalue weighted by Crippen LogP contribution is 2.13. The van der Waals surface area contributed by atoms with E-state index < -0.39 is 0 Å². The van der Waals surface area contributed by atoms with Gasteiger partial charge in [0.25, 0.3) is 0 Å². The molecule has 2 amide bonds. The molecule has 5 nitrogen and oxygen atoms in total. The Bertz CT molecular complexity index is 611. The van der Waals surface area contributed by atoms with Gasteiger partial charge in [0.05, 0.1) is 11.9 Å². The van der Waals surface area contributed by atoms with Crippen molar-refractivity contribution in [2.75, 3.05) is 10.6 Å². The molecule has 1 heterocycles. The van der Waals surface area contributed by atoms with Crippen LogP contribution in [0.4, 0.5) is 16.3 Å². The number of carbonyl (C=O) groups is 1. The number of benzene rings is 1. The largest absolute Gasteiger partial charge is 0.380 e. The number of aromatic nitrogens is 1. The molecular formula is C16H19ClN4O. The Morgan fingerprint density at radius 2 is 1.91 bits per heavy atom. The molecule has 116 valence electrons. The van der Waals surface area contributed by atoms with Crippen LogP contribution in [0.3, 0.4) is 0 Å². The number of hydrogen-bond acceptors (Lipinski definition) is 3. The van der Waals surface area contributed by atoms with Gasteiger partial charge < -0.3 is 10.6 Å². The topological polar surface area (TPSA) is 66.1 Å². The van der Waals surface area contributed by atoms with Crippen LogP contribution >= 0.6 is 11.6 Å². The molecule has 0 saturated heterocycles. The monoisotopic (exact) mass is 318 g/mol. The van der Waals surface area contributed by atoms with Crippen molar-refractivity contribution in [1.82, 2.24) is 10.3 Å². The standard InChI is InChI=1S/C16H19ClN4O/c1-11(2)20-16(22)21-15-8-7-14(10-19-15)18-9-12-3-5-13(17)6-4-12/h3-8,10-11,18H,9H2,1-2H3,(H2,19,20,21,22). The van der Waals surface area contributed by atoms with E-state index in [1.54, 1.807) is 12.3 Å². The van der Waals surface area contributed by atoms with Gasteiger partial charge in [-0.05, 0) is 43.7 Å². The van der Waals surface area contributed by atoms with Gasteiger partial charge in [0.2, 0.25) is 0 Å². The van der Waals surface area contributed by atoms with Crippen molar-refractivity contribution in [3.8, 4) is 0 Å². The molecule has 0 unspecified atom stereocenters. The first-order valence-electron chi connectivity index (χ1n) is 7.05. The Labute approximate surface area is 135 Å². The molecular weight excluding hydrogens is 300 g/mol. The van der Waals surface area contributed by atoms with Crippen LogP contribution in [0, 0.1) is 0 Å². The summed E-state index contributed by atoms with van der Waals surface area (Å²) >= 11 is 5.85. The second kappa shape index (κ2) is 7.66. The van der Waals surface area contributed by atoms with E-state index in [0.29, 0.717) is 12.4 Å². The Hall–Kier alpha value is -2.27. The minimum absolute atomic E-state index is 0.0836. The summed E-state index contributed by atoms with van der Waals surface area (Å²) in [6.45, 7) is 4.48. The SMILES string of the molecule is CC(C)NC(=O)Nc1ccc(NCc2ccc(Cl)cc2)cn1. The first-order chi connectivity index (χ1) is 10.5. The molecule has 0 spiro atoms. The Kier molecular flexibility index (Phi) is 5.61. The minimum Gasteiger partial charge on any atom is -0.380 e. The zero-order valence-electron chi connectivity index (χ0n) is 12.6. The van der Waals surface area contributed by atoms with Crippen molar-refractivity contribution < 1.29 is 4.79 Å². The van der Waals surface area contributed by atoms with Crippen LogP contribution in [0.1, 0.15) is 19.4 Å². The predicted molar refractivity (Wildman–Crippen MR) is 90.3 cm³/mol. The van der Waals surface area contributed by atoms with Crippen molar-refractivity contribution in [3.63, 3.8) is 0 Å². The lowest BCUT2D eigenvalue weighted by atomic mass is 10.2. The summed E-state index contributed by atoms with van der Waals surface area (Å²) in [6.07, 6.45) is 1.68. The van der Waals surface area contributed by atoms with Gasteiger partial charge in [-0.15, -0.1) is 0 Å². The maximum atomic E-state index is 11.6. The predicted octanol–water partition coefficient (Wildman–Crippen LogP) is 3.88. The molecule has 0 atom stereocenters. The molecule has 1 aromatic carbocycles. The minimum atomic E-state index is -0.260. The Morgan fingerprint density at radius 3 is 2.50 bits per heavy atom. The number of hydrogen-bond donors (Lipinski definition) is 3. The van der Waals surface area contributed by atoms with Gasteiger partial charge in [-0.3, -0.25) is 5.32 Å². The molecule has 0 aliphatic rings. The third-order valence-electron chi connectivity index (χ3n) is 2.83. The fraction of sp³-hybridized carbons (Fsp3) is 0.250. The summed E-state index contributed by atoms with van der Waals surface area (Å²) in [5, 5.41) is 9.40. The van der Waals surface area contributed by atoms with E-state index in [2.05, 4.69) is 20.9 Å². The van der Waals surface area contributed by atoms with E-state index in [-0.39, 0.29) is 12.1 Å². The molecule has 0 fully saturated rings. The lowest BCUT2D eigenvalue weighted by Gasteiger charge is -2.10. The van der Waals surface area contributed by atoms with Crippen LogP contribution in [0.2, 0.25) is 5.02 Å². The smallest absolute Gasteiger partial charge is 0.320 e. The molecule has 2 aromatic rings. The molecule has 22 heavy (non-hydrogen) atoms. The van der Waals surface area contributed by atoms with E-state index in [1.165, 1.54) is 0 Å². The quantitative estimate of drug-likeness (QED) is 0.784. The van der Waals surface area contributed by atoms with Crippen LogP contribution in [0.25, 0.3) is 0 Å². The number of anilines is 2. The fourth-order valence-electron chi connectivity index (χ4n) is 1.79. The summed E-state index contributed by atoms with van der Waals surface area (Å²) < 4.78 is 0. The highest BCUT2D eigenvalue weighted by Gasteiger charge is 2.04. The molecule has 1 aromatic heterocycles. The first-order valence-corrected chi connectivity index (χ1v) is 7.42. The van der Waals surface area contributed by atoms with Crippen LogP contribution in [-0.2, 0) is 6.54 Å². The van der Waals surface area contributed by atoms with Crippen molar-refractivity contribution in [2.45, 2.75) is 26.4 Å². The molecule has 0 saturated carbocycles. The lowest BCUT2D eigenvalue weighted by Crippen LogP contribution is -2.34. The summed E-state index contributed by atoms with van der Waals surface area (Å²) in [6, 6.07) is 11.1. The van der Waals surface area contributed by atoms with Gasteiger partial charge >= 0.3 is 6.03 Å². The first kappa shape index (κ1) is 16.1. The highest BCUT2D eigenvalue weighted by atomic mass is 35.5. The molecule has 0 aliphatic carbocycles. The third kappa shape index (κ3) is 5.26. The normalized spacial score (nSPS) is 10.4. The zero-order valence-corrected chi connectivity index (χ0v) is 13.3. The molecule has 0 radical (unpaired) electrons. The van der Waals surface area contributed by atoms with Crippen molar-refractivity contribution >= 4 is 29.1 Å². The average Bonchev–Trinajstić information content (AvgIpc) is 2.47. The molecule has 0 bridgehead atoms. The lowest BCUT2D eigenvalue weighted by molar-refractivity contribution is 0.250. The van der Waals surface area contributed by atoms with Crippen LogP contribution in [0.15, 0.2) is 42.6 Å². The second-order valence-corrected chi connectivity index (χ2v) is 5.60. The summed E-state index contributed by atoms with van der Waals surface area (Å²) in [5.74, 6) is 0.509. The summed E-state index contributed by atoms with van der Waals surface area (Å²) in [7, 11) is 0. The van der Waals surface area contributed by atoms with Crippen molar-refractivity contribution in [3.05, 3.63) is 53.2 Å². The average molecular weight is 319 g/mol. The van der Waals surface area contributed by atoms with E-state index in [4.69, 9.17) is 11.6 Å². The van der Waals surface area contributed by atoms with Gasteiger partial charge in [-0.2, -0.15) is 0 Å². The summed E-state index contributed by atoms with van der Waals surface area (Å²) in [5.41, 5.74) is 2.01. The van der Waals surface area contributed by atoms with Crippen LogP contribution < -0.4 is 16.0 Å². The maximum absolute atomic E-state index is 11.6. The summed E-state index contributed by atoms with van der Waals surface area (Å²) in [4.78, 5) is 15.8. The maximum Gasteiger partial charge on any atom is 0.320 e. The molecule has 6 heteroatoms. The zero-order chi connectivity index (χ0) is 15.9. The number of nitrogens with zero attached hydrogens (tertiary/aromatic N) is 1. The molecule has 0 aliphatic heterocycles. The molecule has 2 rings (SSSR count). The number of carbonyl (C=O) groups excluding carboxylic acids is 1. The van der Waals surface area contributed by atoms with Gasteiger partial charge in [0.1, 0.15) is 5.82 Å². The van der Waals surface area contributed by atoms with Gasteiger partial charge in [0, 0.05) is 17.6 Å². The Morgan fingerprint density at radius 1 is 1.18 bits per heavy atom. The number of rotatable bonds is 5. The van der Waals surface area contributed by atoms with Gasteiger partial charge in [-0.1, -0.05) is 23.7 Å². The van der Waals surface area contributed by atoms with E-state index in [9.17, 15) is 4.79 Å². The van der Waals surface area contributed by atoms with E-state index in [1.807, 2.05) is 44.2 Å². The van der Waals surface area contributed by atoms with Crippen molar-refractivity contribution in [1.29, 1.82) is 0 Å². The van der Waals surface area contributed by atoms with Crippen LogP contribution in [-0.4, -0.2) is 17.1 Å². The number of amides is 2. The van der Waals surface area contributed by atoms with Gasteiger partial charge in [0.15, 0.2) is 0 Å². The highest BCUT2D eigenvalue weighted by molar-refractivity contribution is 6.30. The number of halogens is 1. The Balaban J connectivity index is 1.86. The number of nitrogens with one attached hydrogen (secondary N) is 3. The second-order valence-electron chi connectivity index (χ2n) is 5.17. The number of pyridine rings is 1. The third-order valence-corrected chi connectivity index (χ3v) is 3.09. The van der Waals surface area contributed by atoms with Gasteiger partial charge in [-0.25, -0.2) is 9.78 Å². The van der Waals surface area contributed by atoms with Crippen molar-refractivity contribution in [2.24, 2.45) is 0 Å². The molecule has 3 N–H and O–H groups in total.